The summed E-state index contributed by atoms with van der Waals surface area (Å²) in [4.78, 5) is 6.62. The van der Waals surface area contributed by atoms with E-state index < -0.39 is 0 Å². The molecule has 0 aliphatic heterocycles. The van der Waals surface area contributed by atoms with Gasteiger partial charge in [0.25, 0.3) is 0 Å². The average Bonchev–Trinajstić information content (AvgIpc) is 2.49. The van der Waals surface area contributed by atoms with Crippen molar-refractivity contribution in [1.82, 2.24) is 4.98 Å². The largest absolute Gasteiger partial charge is 0.392 e. The van der Waals surface area contributed by atoms with Crippen molar-refractivity contribution in [3.8, 4) is 0 Å². The Morgan fingerprint density at radius 1 is 0.947 bits per heavy atom. The highest BCUT2D eigenvalue weighted by Crippen LogP contribution is 2.35. The van der Waals surface area contributed by atoms with Crippen LogP contribution in [-0.2, 0) is 6.61 Å². The molecule has 0 bridgehead atoms. The lowest BCUT2D eigenvalue weighted by atomic mass is 10.1. The zero-order valence-electron chi connectivity index (χ0n) is 10.3. The van der Waals surface area contributed by atoms with Gasteiger partial charge in [-0.1, -0.05) is 48.2 Å². The molecule has 19 heavy (non-hydrogen) atoms. The first-order valence-electron chi connectivity index (χ1n) is 6.09. The number of aromatic nitrogens is 1. The zero-order chi connectivity index (χ0) is 13.1. The van der Waals surface area contributed by atoms with Gasteiger partial charge in [0.05, 0.1) is 12.1 Å². The highest BCUT2D eigenvalue weighted by Gasteiger charge is 2.09. The molecule has 0 aliphatic rings. The standard InChI is InChI=1S/C16H13NOS/c18-11-12-10-17-15-9-5-4-8-14(15)16(12)19-13-6-2-1-3-7-13/h1-10,18H,11H2. The van der Waals surface area contributed by atoms with E-state index in [1.807, 2.05) is 42.5 Å². The fourth-order valence-electron chi connectivity index (χ4n) is 2.00. The van der Waals surface area contributed by atoms with Crippen molar-refractivity contribution >= 4 is 22.7 Å². The van der Waals surface area contributed by atoms with Gasteiger partial charge < -0.3 is 5.11 Å². The Labute approximate surface area is 116 Å². The maximum absolute atomic E-state index is 9.50. The third kappa shape index (κ3) is 2.48. The molecular formula is C16H13NOS. The molecule has 0 amide bonds. The van der Waals surface area contributed by atoms with E-state index in [4.69, 9.17) is 0 Å². The van der Waals surface area contributed by atoms with E-state index in [2.05, 4.69) is 17.1 Å². The minimum absolute atomic E-state index is 0.00695. The highest BCUT2D eigenvalue weighted by atomic mass is 32.2. The third-order valence-electron chi connectivity index (χ3n) is 2.93. The predicted molar refractivity (Wildman–Crippen MR) is 78.2 cm³/mol. The van der Waals surface area contributed by atoms with Crippen LogP contribution in [0, 0.1) is 0 Å². The van der Waals surface area contributed by atoms with Gasteiger partial charge in [-0.3, -0.25) is 4.98 Å². The Balaban J connectivity index is 2.15. The van der Waals surface area contributed by atoms with Crippen LogP contribution < -0.4 is 0 Å². The molecular weight excluding hydrogens is 254 g/mol. The number of aliphatic hydroxyl groups excluding tert-OH is 1. The number of fused-ring (bicyclic) bond motifs is 1. The van der Waals surface area contributed by atoms with Gasteiger partial charge in [-0.25, -0.2) is 0 Å². The molecule has 0 saturated heterocycles. The number of hydrogen-bond acceptors (Lipinski definition) is 3. The van der Waals surface area contributed by atoms with Crippen LogP contribution in [0.15, 0.2) is 70.6 Å². The molecule has 0 spiro atoms. The van der Waals surface area contributed by atoms with Crippen LogP contribution in [0.3, 0.4) is 0 Å². The summed E-state index contributed by atoms with van der Waals surface area (Å²) in [6.07, 6.45) is 1.76. The summed E-state index contributed by atoms with van der Waals surface area (Å²) in [5.74, 6) is 0. The maximum atomic E-state index is 9.50. The number of para-hydroxylation sites is 1. The van der Waals surface area contributed by atoms with Gasteiger partial charge in [0.2, 0.25) is 0 Å². The first kappa shape index (κ1) is 12.2. The van der Waals surface area contributed by atoms with Crippen LogP contribution in [0.5, 0.6) is 0 Å². The second kappa shape index (κ2) is 5.43. The van der Waals surface area contributed by atoms with Crippen molar-refractivity contribution in [2.45, 2.75) is 16.4 Å². The van der Waals surface area contributed by atoms with Crippen molar-refractivity contribution in [1.29, 1.82) is 0 Å². The molecule has 0 radical (unpaired) electrons. The molecule has 1 N–H and O–H groups in total. The molecule has 1 heterocycles. The van der Waals surface area contributed by atoms with Crippen molar-refractivity contribution < 1.29 is 5.11 Å². The van der Waals surface area contributed by atoms with E-state index in [1.54, 1.807) is 18.0 Å². The highest BCUT2D eigenvalue weighted by molar-refractivity contribution is 7.99. The van der Waals surface area contributed by atoms with E-state index in [1.165, 1.54) is 0 Å². The molecule has 0 aliphatic carbocycles. The first-order chi connectivity index (χ1) is 9.38. The summed E-state index contributed by atoms with van der Waals surface area (Å²) in [5, 5.41) is 10.6. The lowest BCUT2D eigenvalue weighted by Gasteiger charge is -2.10. The Hall–Kier alpha value is -1.84. The Morgan fingerprint density at radius 2 is 1.68 bits per heavy atom. The number of hydrogen-bond donors (Lipinski definition) is 1. The zero-order valence-corrected chi connectivity index (χ0v) is 11.1. The summed E-state index contributed by atoms with van der Waals surface area (Å²) in [7, 11) is 0. The number of pyridine rings is 1. The summed E-state index contributed by atoms with van der Waals surface area (Å²) in [6, 6.07) is 18.2. The fraction of sp³-hybridized carbons (Fsp3) is 0.0625. The van der Waals surface area contributed by atoms with E-state index in [-0.39, 0.29) is 6.61 Å². The van der Waals surface area contributed by atoms with Crippen LogP contribution in [0.1, 0.15) is 5.56 Å². The molecule has 3 rings (SSSR count). The smallest absolute Gasteiger partial charge is 0.0713 e. The molecule has 3 heteroatoms. The van der Waals surface area contributed by atoms with Crippen LogP contribution in [0.2, 0.25) is 0 Å². The third-order valence-corrected chi connectivity index (χ3v) is 4.13. The normalized spacial score (nSPS) is 10.8. The van der Waals surface area contributed by atoms with Crippen molar-refractivity contribution in [3.63, 3.8) is 0 Å². The van der Waals surface area contributed by atoms with Crippen molar-refractivity contribution in [3.05, 3.63) is 66.4 Å². The summed E-state index contributed by atoms with van der Waals surface area (Å²) >= 11 is 1.67. The predicted octanol–water partition coefficient (Wildman–Crippen LogP) is 3.88. The molecule has 94 valence electrons. The molecule has 2 aromatic carbocycles. The molecule has 3 aromatic rings. The number of benzene rings is 2. The van der Waals surface area contributed by atoms with Crippen LogP contribution in [0.4, 0.5) is 0 Å². The second-order valence-electron chi connectivity index (χ2n) is 4.20. The fourth-order valence-corrected chi connectivity index (χ4v) is 3.06. The molecule has 0 unspecified atom stereocenters. The minimum Gasteiger partial charge on any atom is -0.392 e. The quantitative estimate of drug-likeness (QED) is 0.781. The van der Waals surface area contributed by atoms with Crippen molar-refractivity contribution in [2.24, 2.45) is 0 Å². The molecule has 0 atom stereocenters. The van der Waals surface area contributed by atoms with Crippen LogP contribution >= 0.6 is 11.8 Å². The number of rotatable bonds is 3. The minimum atomic E-state index is 0.00695. The Morgan fingerprint density at radius 3 is 2.47 bits per heavy atom. The van der Waals surface area contributed by atoms with E-state index in [9.17, 15) is 5.11 Å². The van der Waals surface area contributed by atoms with Crippen LogP contribution in [-0.4, -0.2) is 10.1 Å². The van der Waals surface area contributed by atoms with Gasteiger partial charge in [-0.05, 0) is 18.2 Å². The second-order valence-corrected chi connectivity index (χ2v) is 5.29. The summed E-state index contributed by atoms with van der Waals surface area (Å²) < 4.78 is 0. The Bertz CT molecular complexity index is 697. The van der Waals surface area contributed by atoms with Gasteiger partial charge in [0.1, 0.15) is 0 Å². The van der Waals surface area contributed by atoms with E-state index >= 15 is 0 Å². The summed E-state index contributed by atoms with van der Waals surface area (Å²) in [6.45, 7) is 0.00695. The van der Waals surface area contributed by atoms with Crippen molar-refractivity contribution in [2.75, 3.05) is 0 Å². The maximum Gasteiger partial charge on any atom is 0.0713 e. The number of nitrogens with zero attached hydrogens (tertiary/aromatic N) is 1. The van der Waals surface area contributed by atoms with E-state index in [0.29, 0.717) is 0 Å². The monoisotopic (exact) mass is 267 g/mol. The average molecular weight is 267 g/mol. The SMILES string of the molecule is OCc1cnc2ccccc2c1Sc1ccccc1. The Kier molecular flexibility index (Phi) is 3.49. The van der Waals surface area contributed by atoms with Gasteiger partial charge in [0.15, 0.2) is 0 Å². The lowest BCUT2D eigenvalue weighted by Crippen LogP contribution is -1.92. The first-order valence-corrected chi connectivity index (χ1v) is 6.90. The molecule has 2 nitrogen and oxygen atoms in total. The molecule has 1 aromatic heterocycles. The van der Waals surface area contributed by atoms with Gasteiger partial charge in [-0.15, -0.1) is 0 Å². The van der Waals surface area contributed by atoms with E-state index in [0.717, 1.165) is 26.3 Å². The summed E-state index contributed by atoms with van der Waals surface area (Å²) in [5.41, 5.74) is 1.82. The lowest BCUT2D eigenvalue weighted by molar-refractivity contribution is 0.279. The van der Waals surface area contributed by atoms with Crippen LogP contribution in [0.25, 0.3) is 10.9 Å². The van der Waals surface area contributed by atoms with Gasteiger partial charge in [-0.2, -0.15) is 0 Å². The topological polar surface area (TPSA) is 33.1 Å². The van der Waals surface area contributed by atoms with Gasteiger partial charge in [0, 0.05) is 26.9 Å². The number of aliphatic hydroxyl groups is 1. The molecule has 0 fully saturated rings. The van der Waals surface area contributed by atoms with Gasteiger partial charge >= 0.3 is 0 Å². The molecule has 0 saturated carbocycles.